The second kappa shape index (κ2) is 4.58. The normalized spacial score (nSPS) is 17.6. The summed E-state index contributed by atoms with van der Waals surface area (Å²) in [6.45, 7) is 0. The minimum Gasteiger partial charge on any atom is -0.310 e. The molecule has 0 saturated carbocycles. The van der Waals surface area contributed by atoms with Gasteiger partial charge in [0.1, 0.15) is 5.82 Å². The fourth-order valence-corrected chi connectivity index (χ4v) is 2.21. The number of nitrogens with one attached hydrogen (secondary N) is 1. The van der Waals surface area contributed by atoms with Crippen LogP contribution in [0.15, 0.2) is 35.9 Å². The molecule has 1 unspecified atom stereocenters. The van der Waals surface area contributed by atoms with Gasteiger partial charge in [0.2, 0.25) is 0 Å². The van der Waals surface area contributed by atoms with Gasteiger partial charge in [-0.15, -0.1) is 0 Å². The molecule has 1 aromatic rings. The summed E-state index contributed by atoms with van der Waals surface area (Å²) in [6, 6.07) is 7.02. The van der Waals surface area contributed by atoms with E-state index in [1.165, 1.54) is 18.1 Å². The van der Waals surface area contributed by atoms with Crippen LogP contribution in [0.1, 0.15) is 30.9 Å². The maximum atomic E-state index is 13.1. The molecular formula is C13H16FN. The van der Waals surface area contributed by atoms with E-state index in [-0.39, 0.29) is 11.9 Å². The van der Waals surface area contributed by atoms with E-state index in [0.29, 0.717) is 0 Å². The maximum absolute atomic E-state index is 13.1. The van der Waals surface area contributed by atoms with Crippen molar-refractivity contribution >= 4 is 0 Å². The minimum absolute atomic E-state index is 0.161. The summed E-state index contributed by atoms with van der Waals surface area (Å²) in [5.41, 5.74) is 2.41. The van der Waals surface area contributed by atoms with Crippen LogP contribution in [0.3, 0.4) is 0 Å². The van der Waals surface area contributed by atoms with Gasteiger partial charge in [-0.05, 0) is 44.0 Å². The number of hydrogen-bond donors (Lipinski definition) is 1. The van der Waals surface area contributed by atoms with E-state index in [1.54, 1.807) is 12.1 Å². The van der Waals surface area contributed by atoms with E-state index >= 15 is 0 Å². The molecule has 1 aromatic carbocycles. The van der Waals surface area contributed by atoms with Gasteiger partial charge in [0.05, 0.1) is 6.04 Å². The second-order valence-electron chi connectivity index (χ2n) is 3.95. The fraction of sp³-hybridized carbons (Fsp3) is 0.385. The number of hydrogen-bond acceptors (Lipinski definition) is 1. The van der Waals surface area contributed by atoms with Gasteiger partial charge in [-0.3, -0.25) is 0 Å². The second-order valence-corrected chi connectivity index (χ2v) is 3.95. The summed E-state index contributed by atoms with van der Waals surface area (Å²) >= 11 is 0. The molecule has 0 fully saturated rings. The Morgan fingerprint density at radius 2 is 2.27 bits per heavy atom. The van der Waals surface area contributed by atoms with Gasteiger partial charge in [-0.2, -0.15) is 0 Å². The molecule has 1 N–H and O–H groups in total. The van der Waals surface area contributed by atoms with Crippen molar-refractivity contribution in [1.29, 1.82) is 0 Å². The van der Waals surface area contributed by atoms with Crippen LogP contribution in [-0.4, -0.2) is 7.05 Å². The highest BCUT2D eigenvalue weighted by Gasteiger charge is 2.17. The van der Waals surface area contributed by atoms with Crippen molar-refractivity contribution in [2.45, 2.75) is 25.3 Å². The number of allylic oxidation sites excluding steroid dienone is 1. The number of rotatable bonds is 3. The third-order valence-corrected chi connectivity index (χ3v) is 2.92. The number of halogens is 1. The van der Waals surface area contributed by atoms with Crippen LogP contribution >= 0.6 is 0 Å². The molecule has 1 aliphatic carbocycles. The molecule has 0 amide bonds. The lowest BCUT2D eigenvalue weighted by Gasteiger charge is -2.18. The van der Waals surface area contributed by atoms with Gasteiger partial charge < -0.3 is 5.32 Å². The van der Waals surface area contributed by atoms with E-state index < -0.39 is 0 Å². The molecule has 0 heterocycles. The first-order valence-corrected chi connectivity index (χ1v) is 5.43. The molecule has 1 aliphatic rings. The van der Waals surface area contributed by atoms with Gasteiger partial charge in [0.25, 0.3) is 0 Å². The lowest BCUT2D eigenvalue weighted by atomic mass is 9.98. The maximum Gasteiger partial charge on any atom is 0.123 e. The predicted molar refractivity (Wildman–Crippen MR) is 60.1 cm³/mol. The SMILES string of the molecule is CNC(C1=CCCC1)c1cccc(F)c1. The van der Waals surface area contributed by atoms with Crippen LogP contribution in [0.2, 0.25) is 0 Å². The molecule has 0 aliphatic heterocycles. The topological polar surface area (TPSA) is 12.0 Å². The monoisotopic (exact) mass is 205 g/mol. The van der Waals surface area contributed by atoms with Crippen LogP contribution in [0.5, 0.6) is 0 Å². The molecule has 2 rings (SSSR count). The summed E-state index contributed by atoms with van der Waals surface area (Å²) in [5, 5.41) is 3.25. The zero-order valence-corrected chi connectivity index (χ0v) is 8.96. The van der Waals surface area contributed by atoms with Crippen LogP contribution in [-0.2, 0) is 0 Å². The summed E-state index contributed by atoms with van der Waals surface area (Å²) in [4.78, 5) is 0. The van der Waals surface area contributed by atoms with E-state index in [9.17, 15) is 4.39 Å². The Labute approximate surface area is 90.0 Å². The smallest absolute Gasteiger partial charge is 0.123 e. The third-order valence-electron chi connectivity index (χ3n) is 2.92. The summed E-state index contributed by atoms with van der Waals surface area (Å²) in [7, 11) is 1.93. The fourth-order valence-electron chi connectivity index (χ4n) is 2.21. The van der Waals surface area contributed by atoms with Crippen LogP contribution in [0.4, 0.5) is 4.39 Å². The van der Waals surface area contributed by atoms with E-state index in [4.69, 9.17) is 0 Å². The van der Waals surface area contributed by atoms with Crippen molar-refractivity contribution < 1.29 is 4.39 Å². The minimum atomic E-state index is -0.161. The van der Waals surface area contributed by atoms with E-state index in [0.717, 1.165) is 18.4 Å². The average molecular weight is 205 g/mol. The Morgan fingerprint density at radius 3 is 2.87 bits per heavy atom. The van der Waals surface area contributed by atoms with Gasteiger partial charge in [0.15, 0.2) is 0 Å². The molecule has 80 valence electrons. The Bertz CT molecular complexity index is 371. The molecule has 0 spiro atoms. The van der Waals surface area contributed by atoms with Crippen molar-refractivity contribution in [2.75, 3.05) is 7.05 Å². The Morgan fingerprint density at radius 1 is 1.40 bits per heavy atom. The molecule has 0 bridgehead atoms. The van der Waals surface area contributed by atoms with Gasteiger partial charge in [0, 0.05) is 0 Å². The first kappa shape index (κ1) is 10.4. The van der Waals surface area contributed by atoms with Crippen LogP contribution < -0.4 is 5.32 Å². The largest absolute Gasteiger partial charge is 0.310 e. The summed E-state index contributed by atoms with van der Waals surface area (Å²) in [5.74, 6) is -0.161. The zero-order valence-electron chi connectivity index (χ0n) is 8.96. The third kappa shape index (κ3) is 2.26. The first-order valence-electron chi connectivity index (χ1n) is 5.43. The molecule has 15 heavy (non-hydrogen) atoms. The van der Waals surface area contributed by atoms with Gasteiger partial charge in [-0.1, -0.05) is 23.8 Å². The van der Waals surface area contributed by atoms with Crippen molar-refractivity contribution in [3.8, 4) is 0 Å². The molecule has 2 heteroatoms. The first-order chi connectivity index (χ1) is 7.31. The summed E-state index contributed by atoms with van der Waals surface area (Å²) in [6.07, 6.45) is 5.78. The average Bonchev–Trinajstić information content (AvgIpc) is 2.72. The highest BCUT2D eigenvalue weighted by Crippen LogP contribution is 2.30. The Balaban J connectivity index is 2.26. The van der Waals surface area contributed by atoms with E-state index in [2.05, 4.69) is 11.4 Å². The van der Waals surface area contributed by atoms with Crippen molar-refractivity contribution in [2.24, 2.45) is 0 Å². The lowest BCUT2D eigenvalue weighted by molar-refractivity contribution is 0.611. The van der Waals surface area contributed by atoms with Crippen molar-refractivity contribution in [1.82, 2.24) is 5.32 Å². The lowest BCUT2D eigenvalue weighted by Crippen LogP contribution is -2.18. The summed E-state index contributed by atoms with van der Waals surface area (Å²) < 4.78 is 13.1. The van der Waals surface area contributed by atoms with Crippen LogP contribution in [0.25, 0.3) is 0 Å². The Kier molecular flexibility index (Phi) is 3.17. The van der Waals surface area contributed by atoms with Gasteiger partial charge >= 0.3 is 0 Å². The molecule has 0 radical (unpaired) electrons. The van der Waals surface area contributed by atoms with Gasteiger partial charge in [-0.25, -0.2) is 4.39 Å². The van der Waals surface area contributed by atoms with E-state index in [1.807, 2.05) is 13.1 Å². The molecular weight excluding hydrogens is 189 g/mol. The molecule has 1 nitrogen and oxygen atoms in total. The molecule has 0 aromatic heterocycles. The van der Waals surface area contributed by atoms with Crippen LogP contribution in [0, 0.1) is 5.82 Å². The highest BCUT2D eigenvalue weighted by atomic mass is 19.1. The highest BCUT2D eigenvalue weighted by molar-refractivity contribution is 5.30. The Hall–Kier alpha value is -1.15. The molecule has 0 saturated heterocycles. The number of benzene rings is 1. The quantitative estimate of drug-likeness (QED) is 0.747. The zero-order chi connectivity index (χ0) is 10.7. The predicted octanol–water partition coefficient (Wildman–Crippen LogP) is 3.20. The standard InChI is InChI=1S/C13H16FN/c1-15-13(10-5-2-3-6-10)11-7-4-8-12(14)9-11/h4-5,7-9,13,15H,2-3,6H2,1H3. The van der Waals surface area contributed by atoms with Crippen molar-refractivity contribution in [3.05, 3.63) is 47.3 Å². The molecule has 1 atom stereocenters. The number of likely N-dealkylation sites (N-methyl/N-ethyl adjacent to an activating group) is 1. The van der Waals surface area contributed by atoms with Crippen molar-refractivity contribution in [3.63, 3.8) is 0 Å².